The zero-order valence-corrected chi connectivity index (χ0v) is 9.03. The van der Waals surface area contributed by atoms with E-state index in [0.29, 0.717) is 12.2 Å². The number of benzene rings is 1. The molecule has 0 aliphatic carbocycles. The second-order valence-corrected chi connectivity index (χ2v) is 3.02. The Kier molecular flexibility index (Phi) is 4.15. The first-order valence-corrected chi connectivity index (χ1v) is 4.77. The van der Waals surface area contributed by atoms with Gasteiger partial charge >= 0.3 is 5.69 Å². The van der Waals surface area contributed by atoms with Crippen LogP contribution >= 0.6 is 0 Å². The fourth-order valence-electron chi connectivity index (χ4n) is 1.21. The summed E-state index contributed by atoms with van der Waals surface area (Å²) in [7, 11) is 0. The number of hydrogen-bond donors (Lipinski definition) is 0. The molecule has 1 aromatic carbocycles. The monoisotopic (exact) mass is 238 g/mol. The maximum absolute atomic E-state index is 10.8. The van der Waals surface area contributed by atoms with Crippen molar-refractivity contribution in [3.05, 3.63) is 50.2 Å². The number of nitro benzene ring substituents is 1. The van der Waals surface area contributed by atoms with E-state index in [0.717, 1.165) is 6.20 Å². The van der Waals surface area contributed by atoms with Crippen molar-refractivity contribution in [2.75, 3.05) is 6.61 Å². The molecule has 0 spiro atoms. The molecule has 1 rings (SSSR count). The zero-order valence-electron chi connectivity index (χ0n) is 9.03. The SMILES string of the molecule is CCOc1ccc(/C=C\[N+](=O)[O-])cc1[N+](=O)[O-]. The van der Waals surface area contributed by atoms with Gasteiger partial charge in [-0.1, -0.05) is 6.07 Å². The molecule has 0 aromatic heterocycles. The average Bonchev–Trinajstić information content (AvgIpc) is 2.27. The Morgan fingerprint density at radius 1 is 1.35 bits per heavy atom. The minimum absolute atomic E-state index is 0.149. The molecule has 0 N–H and O–H groups in total. The molecule has 0 aliphatic rings. The third-order valence-electron chi connectivity index (χ3n) is 1.87. The molecular formula is C10H10N2O5. The minimum Gasteiger partial charge on any atom is -0.487 e. The summed E-state index contributed by atoms with van der Waals surface area (Å²) in [5, 5.41) is 20.9. The zero-order chi connectivity index (χ0) is 12.8. The lowest BCUT2D eigenvalue weighted by Crippen LogP contribution is -1.97. The van der Waals surface area contributed by atoms with E-state index in [1.54, 1.807) is 6.92 Å². The van der Waals surface area contributed by atoms with Crippen LogP contribution in [-0.4, -0.2) is 16.5 Å². The van der Waals surface area contributed by atoms with E-state index in [9.17, 15) is 20.2 Å². The molecule has 0 amide bonds. The van der Waals surface area contributed by atoms with Crippen LogP contribution in [0.2, 0.25) is 0 Å². The lowest BCUT2D eigenvalue weighted by Gasteiger charge is -2.04. The summed E-state index contributed by atoms with van der Waals surface area (Å²) in [6.07, 6.45) is 1.90. The summed E-state index contributed by atoms with van der Waals surface area (Å²) in [5.41, 5.74) is 0.161. The van der Waals surface area contributed by atoms with Crippen molar-refractivity contribution in [3.63, 3.8) is 0 Å². The number of nitro groups is 2. The quantitative estimate of drug-likeness (QED) is 0.579. The molecule has 0 aliphatic heterocycles. The van der Waals surface area contributed by atoms with Crippen LogP contribution in [0.5, 0.6) is 5.75 Å². The normalized spacial score (nSPS) is 10.4. The van der Waals surface area contributed by atoms with Crippen molar-refractivity contribution in [2.24, 2.45) is 0 Å². The summed E-state index contributed by atoms with van der Waals surface area (Å²) in [6.45, 7) is 2.02. The molecule has 0 bridgehead atoms. The number of hydrogen-bond acceptors (Lipinski definition) is 5. The smallest absolute Gasteiger partial charge is 0.311 e. The number of ether oxygens (including phenoxy) is 1. The molecule has 0 saturated carbocycles. The predicted molar refractivity (Wildman–Crippen MR) is 60.3 cm³/mol. The molecule has 1 aromatic rings. The number of nitrogens with zero attached hydrogens (tertiary/aromatic N) is 2. The van der Waals surface area contributed by atoms with Crippen LogP contribution < -0.4 is 4.74 Å². The molecule has 0 unspecified atom stereocenters. The van der Waals surface area contributed by atoms with Gasteiger partial charge in [0.25, 0.3) is 0 Å². The molecular weight excluding hydrogens is 228 g/mol. The van der Waals surface area contributed by atoms with Gasteiger partial charge in [0.05, 0.1) is 16.5 Å². The van der Waals surface area contributed by atoms with Gasteiger partial charge in [0.2, 0.25) is 6.20 Å². The molecule has 7 heteroatoms. The van der Waals surface area contributed by atoms with E-state index < -0.39 is 9.85 Å². The predicted octanol–water partition coefficient (Wildman–Crippen LogP) is 2.24. The molecule has 7 nitrogen and oxygen atoms in total. The molecule has 0 heterocycles. The van der Waals surface area contributed by atoms with Gasteiger partial charge < -0.3 is 4.74 Å². The van der Waals surface area contributed by atoms with Crippen LogP contribution in [0.15, 0.2) is 24.4 Å². The van der Waals surface area contributed by atoms with Crippen molar-refractivity contribution in [1.82, 2.24) is 0 Å². The molecule has 0 radical (unpaired) electrons. The fourth-order valence-corrected chi connectivity index (χ4v) is 1.21. The molecule has 0 fully saturated rings. The highest BCUT2D eigenvalue weighted by Crippen LogP contribution is 2.28. The van der Waals surface area contributed by atoms with E-state index in [-0.39, 0.29) is 11.4 Å². The third kappa shape index (κ3) is 3.56. The third-order valence-corrected chi connectivity index (χ3v) is 1.87. The maximum atomic E-state index is 10.8. The summed E-state index contributed by atoms with van der Waals surface area (Å²) < 4.78 is 5.08. The van der Waals surface area contributed by atoms with Crippen LogP contribution in [0, 0.1) is 20.2 Å². The van der Waals surface area contributed by atoms with E-state index >= 15 is 0 Å². The van der Waals surface area contributed by atoms with Crippen LogP contribution in [0.1, 0.15) is 12.5 Å². The highest BCUT2D eigenvalue weighted by Gasteiger charge is 2.15. The Balaban J connectivity index is 3.09. The van der Waals surface area contributed by atoms with Gasteiger partial charge in [0.15, 0.2) is 5.75 Å². The first-order valence-electron chi connectivity index (χ1n) is 4.77. The van der Waals surface area contributed by atoms with E-state index in [1.165, 1.54) is 24.3 Å². The Bertz CT molecular complexity index is 470. The van der Waals surface area contributed by atoms with Gasteiger partial charge in [-0.25, -0.2) is 0 Å². The summed E-state index contributed by atoms with van der Waals surface area (Å²) in [4.78, 5) is 19.7. The topological polar surface area (TPSA) is 95.5 Å². The van der Waals surface area contributed by atoms with Gasteiger partial charge in [-0.3, -0.25) is 20.2 Å². The molecule has 0 saturated heterocycles. The van der Waals surface area contributed by atoms with Gasteiger partial charge in [0, 0.05) is 12.1 Å². The summed E-state index contributed by atoms with van der Waals surface area (Å²) >= 11 is 0. The van der Waals surface area contributed by atoms with Crippen molar-refractivity contribution < 1.29 is 14.6 Å². The molecule has 17 heavy (non-hydrogen) atoms. The minimum atomic E-state index is -0.637. The van der Waals surface area contributed by atoms with Crippen LogP contribution in [0.3, 0.4) is 0 Å². The first-order chi connectivity index (χ1) is 8.04. The molecule has 0 atom stereocenters. The van der Waals surface area contributed by atoms with E-state index in [2.05, 4.69) is 0 Å². The Morgan fingerprint density at radius 3 is 2.59 bits per heavy atom. The lowest BCUT2D eigenvalue weighted by atomic mass is 10.2. The van der Waals surface area contributed by atoms with Crippen molar-refractivity contribution >= 4 is 11.8 Å². The van der Waals surface area contributed by atoms with Crippen LogP contribution in [-0.2, 0) is 0 Å². The van der Waals surface area contributed by atoms with Crippen molar-refractivity contribution in [1.29, 1.82) is 0 Å². The van der Waals surface area contributed by atoms with Crippen molar-refractivity contribution in [2.45, 2.75) is 6.92 Å². The van der Waals surface area contributed by atoms with Crippen LogP contribution in [0.4, 0.5) is 5.69 Å². The highest BCUT2D eigenvalue weighted by molar-refractivity contribution is 5.58. The number of rotatable bonds is 5. The maximum Gasteiger partial charge on any atom is 0.311 e. The second kappa shape index (κ2) is 5.59. The average molecular weight is 238 g/mol. The summed E-state index contributed by atoms with van der Waals surface area (Å²) in [6, 6.07) is 4.16. The van der Waals surface area contributed by atoms with E-state index in [4.69, 9.17) is 4.74 Å². The van der Waals surface area contributed by atoms with Crippen molar-refractivity contribution in [3.8, 4) is 5.75 Å². The Labute approximate surface area is 96.6 Å². The van der Waals surface area contributed by atoms with Gasteiger partial charge in [-0.15, -0.1) is 0 Å². The van der Waals surface area contributed by atoms with E-state index in [1.807, 2.05) is 0 Å². The Morgan fingerprint density at radius 2 is 2.06 bits per heavy atom. The fraction of sp³-hybridized carbons (Fsp3) is 0.200. The standard InChI is InChI=1S/C10H10N2O5/c1-2-17-10-4-3-8(5-6-11(13)14)7-9(10)12(15)16/h3-7H,2H2,1H3/b6-5-. The second-order valence-electron chi connectivity index (χ2n) is 3.02. The lowest BCUT2D eigenvalue weighted by molar-refractivity contribution is -0.400. The summed E-state index contributed by atoms with van der Waals surface area (Å²) in [5.74, 6) is 0.149. The van der Waals surface area contributed by atoms with Gasteiger partial charge in [-0.05, 0) is 18.6 Å². The largest absolute Gasteiger partial charge is 0.487 e. The first kappa shape index (κ1) is 12.6. The van der Waals surface area contributed by atoms with Crippen LogP contribution in [0.25, 0.3) is 6.08 Å². The molecule has 90 valence electrons. The van der Waals surface area contributed by atoms with Gasteiger partial charge in [0.1, 0.15) is 0 Å². The Hall–Kier alpha value is -2.44. The highest BCUT2D eigenvalue weighted by atomic mass is 16.6. The van der Waals surface area contributed by atoms with Gasteiger partial charge in [-0.2, -0.15) is 0 Å².